The number of ether oxygens (including phenoxy) is 4. The van der Waals surface area contributed by atoms with Gasteiger partial charge in [-0.15, -0.1) is 16.9 Å². The average molecular weight is 525 g/mol. The predicted molar refractivity (Wildman–Crippen MR) is 133 cm³/mol. The Balaban J connectivity index is 1.81. The highest BCUT2D eigenvalue weighted by Crippen LogP contribution is 2.31. The highest BCUT2D eigenvalue weighted by Gasteiger charge is 2.46. The number of benzene rings is 1. The van der Waals surface area contributed by atoms with E-state index in [2.05, 4.69) is 5.10 Å². The molecular formula is C25H36N2O8S. The van der Waals surface area contributed by atoms with Crippen LogP contribution in [0.4, 0.5) is 4.79 Å². The molecule has 1 aliphatic heterocycles. The van der Waals surface area contributed by atoms with Gasteiger partial charge in [-0.3, -0.25) is 4.68 Å². The third-order valence-electron chi connectivity index (χ3n) is 5.86. The lowest BCUT2D eigenvalue weighted by Gasteiger charge is -2.39. The van der Waals surface area contributed by atoms with Gasteiger partial charge < -0.3 is 34.3 Å². The number of thioether (sulfide) groups is 1. The van der Waals surface area contributed by atoms with Crippen LogP contribution in [-0.4, -0.2) is 80.9 Å². The van der Waals surface area contributed by atoms with Crippen molar-refractivity contribution in [3.8, 4) is 5.88 Å². The molecule has 1 aliphatic rings. The molecule has 2 aromatic rings. The molecule has 36 heavy (non-hydrogen) atoms. The van der Waals surface area contributed by atoms with Crippen LogP contribution in [0.5, 0.6) is 5.88 Å². The van der Waals surface area contributed by atoms with Crippen LogP contribution in [0.2, 0.25) is 0 Å². The minimum Gasteiger partial charge on any atom is -0.443 e. The monoisotopic (exact) mass is 524 g/mol. The van der Waals surface area contributed by atoms with Crippen LogP contribution in [0, 0.1) is 6.92 Å². The smallest absolute Gasteiger partial charge is 0.443 e. The standard InChI is InChI=1S/C25H36N2O8S/c1-13(2)27-15(5)18(11-16-7-9-17(36-6)10-8-16)23(26-27)35-24-22(30)21(29)20(28)19(34-24)12-32-25(31)33-14(3)4/h7-10,13-14,19-22,24,28-30H,11-12H2,1-6H3/t19-,20-,21+,22-,24?/m1/s1. The topological polar surface area (TPSA) is 133 Å². The minimum absolute atomic E-state index is 0.0534. The maximum atomic E-state index is 11.7. The van der Waals surface area contributed by atoms with Gasteiger partial charge in [0.2, 0.25) is 12.2 Å². The molecule has 1 fully saturated rings. The first kappa shape index (κ1) is 28.3. The molecule has 1 aromatic heterocycles. The molecule has 0 amide bonds. The van der Waals surface area contributed by atoms with Gasteiger partial charge in [0.1, 0.15) is 31.0 Å². The first-order chi connectivity index (χ1) is 17.0. The summed E-state index contributed by atoms with van der Waals surface area (Å²) >= 11 is 1.66. The van der Waals surface area contributed by atoms with E-state index in [-0.39, 0.29) is 18.0 Å². The van der Waals surface area contributed by atoms with Crippen LogP contribution in [0.15, 0.2) is 29.2 Å². The lowest BCUT2D eigenvalue weighted by molar-refractivity contribution is -0.278. The zero-order valence-electron chi connectivity index (χ0n) is 21.5. The van der Waals surface area contributed by atoms with Gasteiger partial charge in [0.05, 0.1) is 6.10 Å². The summed E-state index contributed by atoms with van der Waals surface area (Å²) in [6.07, 6.45) is -5.92. The zero-order chi connectivity index (χ0) is 26.6. The van der Waals surface area contributed by atoms with Crippen molar-refractivity contribution in [2.45, 2.75) is 88.8 Å². The predicted octanol–water partition coefficient (Wildman–Crippen LogP) is 2.83. The van der Waals surface area contributed by atoms with Crippen molar-refractivity contribution in [1.29, 1.82) is 0 Å². The van der Waals surface area contributed by atoms with Crippen LogP contribution in [0.25, 0.3) is 0 Å². The van der Waals surface area contributed by atoms with Crippen molar-refractivity contribution in [3.05, 3.63) is 41.1 Å². The van der Waals surface area contributed by atoms with E-state index in [0.717, 1.165) is 21.7 Å². The number of aromatic nitrogens is 2. The second-order valence-corrected chi connectivity index (χ2v) is 10.2. The molecule has 1 aromatic carbocycles. The zero-order valence-corrected chi connectivity index (χ0v) is 22.3. The van der Waals surface area contributed by atoms with E-state index in [1.165, 1.54) is 0 Å². The summed E-state index contributed by atoms with van der Waals surface area (Å²) < 4.78 is 23.5. The quantitative estimate of drug-likeness (QED) is 0.332. The first-order valence-electron chi connectivity index (χ1n) is 11.9. The molecule has 10 nitrogen and oxygen atoms in total. The van der Waals surface area contributed by atoms with Gasteiger partial charge >= 0.3 is 6.16 Å². The number of rotatable bonds is 9. The van der Waals surface area contributed by atoms with E-state index in [9.17, 15) is 20.1 Å². The number of hydrogen-bond acceptors (Lipinski definition) is 10. The molecule has 0 bridgehead atoms. The Kier molecular flexibility index (Phi) is 9.65. The van der Waals surface area contributed by atoms with Gasteiger partial charge in [0.25, 0.3) is 0 Å². The van der Waals surface area contributed by atoms with Crippen molar-refractivity contribution in [1.82, 2.24) is 9.78 Å². The Bertz CT molecular complexity index is 1010. The van der Waals surface area contributed by atoms with Crippen molar-refractivity contribution in [3.63, 3.8) is 0 Å². The number of nitrogens with zero attached hydrogens (tertiary/aromatic N) is 2. The summed E-state index contributed by atoms with van der Waals surface area (Å²) in [5.41, 5.74) is 2.76. The van der Waals surface area contributed by atoms with Crippen LogP contribution < -0.4 is 4.74 Å². The fourth-order valence-electron chi connectivity index (χ4n) is 3.91. The second kappa shape index (κ2) is 12.3. The van der Waals surface area contributed by atoms with Gasteiger partial charge in [0, 0.05) is 28.6 Å². The van der Waals surface area contributed by atoms with Crippen LogP contribution >= 0.6 is 11.8 Å². The fourth-order valence-corrected chi connectivity index (χ4v) is 4.32. The van der Waals surface area contributed by atoms with Crippen molar-refractivity contribution in [2.24, 2.45) is 0 Å². The summed E-state index contributed by atoms with van der Waals surface area (Å²) in [6.45, 7) is 8.88. The molecule has 1 saturated heterocycles. The van der Waals surface area contributed by atoms with Crippen LogP contribution in [0.3, 0.4) is 0 Å². The molecule has 3 rings (SSSR count). The number of carbonyl (C=O) groups is 1. The lowest BCUT2D eigenvalue weighted by atomic mass is 9.99. The largest absolute Gasteiger partial charge is 0.508 e. The summed E-state index contributed by atoms with van der Waals surface area (Å²) in [5, 5.41) is 35.9. The maximum absolute atomic E-state index is 11.7. The second-order valence-electron chi connectivity index (χ2n) is 9.29. The average Bonchev–Trinajstić information content (AvgIpc) is 3.13. The summed E-state index contributed by atoms with van der Waals surface area (Å²) in [4.78, 5) is 12.9. The van der Waals surface area contributed by atoms with Crippen LogP contribution in [-0.2, 0) is 20.6 Å². The SMILES string of the molecule is CSc1ccc(Cc2c(OC3O[C@H](COC(=O)OC(C)C)[C@@H](O)[C@H](O)[C@H]3O)nn(C(C)C)c2C)cc1. The molecule has 0 radical (unpaired) electrons. The Hall–Kier alpha value is -2.31. The first-order valence-corrected chi connectivity index (χ1v) is 13.1. The molecule has 200 valence electrons. The molecule has 11 heteroatoms. The van der Waals surface area contributed by atoms with E-state index < -0.39 is 43.5 Å². The third kappa shape index (κ3) is 6.71. The van der Waals surface area contributed by atoms with E-state index in [1.54, 1.807) is 25.6 Å². The van der Waals surface area contributed by atoms with E-state index >= 15 is 0 Å². The van der Waals surface area contributed by atoms with Crippen molar-refractivity contribution in [2.75, 3.05) is 12.9 Å². The number of aliphatic hydroxyl groups is 3. The van der Waals surface area contributed by atoms with Gasteiger partial charge in [-0.1, -0.05) is 12.1 Å². The summed E-state index contributed by atoms with van der Waals surface area (Å²) in [5.74, 6) is 0.252. The lowest BCUT2D eigenvalue weighted by Crippen LogP contribution is -2.60. The Morgan fingerprint density at radius 1 is 1.11 bits per heavy atom. The molecule has 5 atom stereocenters. The Labute approximate surface area is 215 Å². The maximum Gasteiger partial charge on any atom is 0.508 e. The van der Waals surface area contributed by atoms with Gasteiger partial charge in [-0.05, 0) is 58.6 Å². The van der Waals surface area contributed by atoms with E-state index in [1.807, 2.05) is 56.0 Å². The Morgan fingerprint density at radius 2 is 1.78 bits per heavy atom. The molecule has 1 unspecified atom stereocenters. The van der Waals surface area contributed by atoms with Crippen LogP contribution in [0.1, 0.15) is 50.6 Å². The molecule has 0 aliphatic carbocycles. The molecule has 0 saturated carbocycles. The van der Waals surface area contributed by atoms with Crippen molar-refractivity contribution < 1.29 is 39.1 Å². The van der Waals surface area contributed by atoms with Gasteiger partial charge in [-0.25, -0.2) is 4.79 Å². The number of hydrogen-bond donors (Lipinski definition) is 3. The highest BCUT2D eigenvalue weighted by atomic mass is 32.2. The molecule has 3 N–H and O–H groups in total. The van der Waals surface area contributed by atoms with Gasteiger partial charge in [-0.2, -0.15) is 0 Å². The minimum atomic E-state index is -1.59. The van der Waals surface area contributed by atoms with Crippen molar-refractivity contribution >= 4 is 17.9 Å². The van der Waals surface area contributed by atoms with E-state index in [0.29, 0.717) is 6.42 Å². The fraction of sp³-hybridized carbons (Fsp3) is 0.600. The number of aliphatic hydroxyl groups excluding tert-OH is 3. The molecular weight excluding hydrogens is 488 g/mol. The molecule has 2 heterocycles. The number of carbonyl (C=O) groups excluding carboxylic acids is 1. The van der Waals surface area contributed by atoms with Gasteiger partial charge in [0.15, 0.2) is 0 Å². The summed E-state index contributed by atoms with van der Waals surface area (Å²) in [6, 6.07) is 8.22. The summed E-state index contributed by atoms with van der Waals surface area (Å²) in [7, 11) is 0. The normalized spacial score (nSPS) is 24.2. The Morgan fingerprint density at radius 3 is 2.36 bits per heavy atom. The van der Waals surface area contributed by atoms with E-state index in [4.69, 9.17) is 18.9 Å². The highest BCUT2D eigenvalue weighted by molar-refractivity contribution is 7.98. The third-order valence-corrected chi connectivity index (χ3v) is 6.60. The molecule has 0 spiro atoms.